The molecule has 2 aliphatic heterocycles. The third kappa shape index (κ3) is 4.31. The first-order valence-corrected chi connectivity index (χ1v) is 8.82. The van der Waals surface area contributed by atoms with Gasteiger partial charge in [0.05, 0.1) is 19.3 Å². The van der Waals surface area contributed by atoms with Gasteiger partial charge in [-0.2, -0.15) is 0 Å². The Morgan fingerprint density at radius 1 is 1.24 bits per heavy atom. The molecule has 2 saturated heterocycles. The summed E-state index contributed by atoms with van der Waals surface area (Å²) in [5, 5.41) is 2.92. The van der Waals surface area contributed by atoms with Crippen LogP contribution in [-0.4, -0.2) is 79.7 Å². The summed E-state index contributed by atoms with van der Waals surface area (Å²) in [5.41, 5.74) is 2.05. The second kappa shape index (κ2) is 7.86. The van der Waals surface area contributed by atoms with E-state index < -0.39 is 6.09 Å². The maximum absolute atomic E-state index is 12.4. The van der Waals surface area contributed by atoms with Crippen molar-refractivity contribution in [2.45, 2.75) is 32.3 Å². The van der Waals surface area contributed by atoms with Crippen LogP contribution in [-0.2, 0) is 19.1 Å². The van der Waals surface area contributed by atoms with Crippen molar-refractivity contribution in [3.05, 3.63) is 11.1 Å². The number of carbonyl (C=O) groups is 3. The number of cyclic esters (lactones) is 1. The molecule has 0 aromatic carbocycles. The standard InChI is InChI=1S/C17H25N3O5/c1-12-3-2-4-14(12)16(22)18-9-13-10-19(5-7-24-13)15(21)11-20-6-8-25-17(20)23/h13H,2-11H2,1H3,(H,18,22). The average Bonchev–Trinajstić information content (AvgIpc) is 3.21. The van der Waals surface area contributed by atoms with Gasteiger partial charge in [-0.15, -0.1) is 0 Å². The van der Waals surface area contributed by atoms with E-state index in [1.807, 2.05) is 6.92 Å². The van der Waals surface area contributed by atoms with Gasteiger partial charge in [-0.3, -0.25) is 14.5 Å². The van der Waals surface area contributed by atoms with E-state index in [-0.39, 0.29) is 24.5 Å². The zero-order valence-electron chi connectivity index (χ0n) is 14.6. The molecule has 0 aromatic heterocycles. The number of hydrogen-bond donors (Lipinski definition) is 1. The van der Waals surface area contributed by atoms with Crippen molar-refractivity contribution < 1.29 is 23.9 Å². The first-order chi connectivity index (χ1) is 12.0. The van der Waals surface area contributed by atoms with Crippen LogP contribution in [0.3, 0.4) is 0 Å². The smallest absolute Gasteiger partial charge is 0.410 e. The molecule has 8 heteroatoms. The van der Waals surface area contributed by atoms with E-state index in [0.717, 1.165) is 30.4 Å². The summed E-state index contributed by atoms with van der Waals surface area (Å²) in [6.45, 7) is 4.54. The largest absolute Gasteiger partial charge is 0.448 e. The van der Waals surface area contributed by atoms with Crippen molar-refractivity contribution in [1.29, 1.82) is 0 Å². The minimum atomic E-state index is -0.439. The topological polar surface area (TPSA) is 88.2 Å². The molecule has 3 amide bonds. The summed E-state index contributed by atoms with van der Waals surface area (Å²) < 4.78 is 10.5. The summed E-state index contributed by atoms with van der Waals surface area (Å²) >= 11 is 0. The zero-order chi connectivity index (χ0) is 17.8. The Labute approximate surface area is 147 Å². The lowest BCUT2D eigenvalue weighted by Crippen LogP contribution is -2.52. The molecular weight excluding hydrogens is 326 g/mol. The van der Waals surface area contributed by atoms with Gasteiger partial charge in [-0.25, -0.2) is 4.79 Å². The number of rotatable bonds is 5. The minimum Gasteiger partial charge on any atom is -0.448 e. The van der Waals surface area contributed by atoms with Crippen LogP contribution in [0.4, 0.5) is 4.79 Å². The number of ether oxygens (including phenoxy) is 2. The minimum absolute atomic E-state index is 0.0261. The summed E-state index contributed by atoms with van der Waals surface area (Å²) in [6.07, 6.45) is 2.19. The van der Waals surface area contributed by atoms with Crippen molar-refractivity contribution in [3.8, 4) is 0 Å². The van der Waals surface area contributed by atoms with E-state index in [4.69, 9.17) is 9.47 Å². The molecule has 0 bridgehead atoms. The van der Waals surface area contributed by atoms with Crippen LogP contribution in [0.2, 0.25) is 0 Å². The Kier molecular flexibility index (Phi) is 5.57. The van der Waals surface area contributed by atoms with Crippen LogP contribution in [0, 0.1) is 0 Å². The van der Waals surface area contributed by atoms with Crippen molar-refractivity contribution in [2.75, 3.05) is 45.9 Å². The highest BCUT2D eigenvalue weighted by atomic mass is 16.6. The van der Waals surface area contributed by atoms with Crippen LogP contribution in [0.15, 0.2) is 11.1 Å². The Balaban J connectivity index is 1.46. The normalized spacial score (nSPS) is 23.9. The van der Waals surface area contributed by atoms with Crippen LogP contribution in [0.25, 0.3) is 0 Å². The average molecular weight is 351 g/mol. The number of nitrogens with one attached hydrogen (secondary N) is 1. The lowest BCUT2D eigenvalue weighted by molar-refractivity contribution is -0.139. The van der Waals surface area contributed by atoms with Gasteiger partial charge < -0.3 is 19.7 Å². The lowest BCUT2D eigenvalue weighted by atomic mass is 10.1. The lowest BCUT2D eigenvalue weighted by Gasteiger charge is -2.33. The summed E-state index contributed by atoms with van der Waals surface area (Å²) in [7, 11) is 0. The van der Waals surface area contributed by atoms with E-state index >= 15 is 0 Å². The van der Waals surface area contributed by atoms with Gasteiger partial charge in [0.2, 0.25) is 11.8 Å². The SMILES string of the molecule is CC1=C(C(=O)NCC2CN(C(=O)CN3CCOC3=O)CCO2)CCC1. The highest BCUT2D eigenvalue weighted by Gasteiger charge is 2.30. The molecule has 0 aromatic rings. The molecule has 1 atom stereocenters. The first-order valence-electron chi connectivity index (χ1n) is 8.82. The van der Waals surface area contributed by atoms with Crippen LogP contribution >= 0.6 is 0 Å². The van der Waals surface area contributed by atoms with Crippen LogP contribution in [0.5, 0.6) is 0 Å². The van der Waals surface area contributed by atoms with Gasteiger partial charge in [0.1, 0.15) is 13.2 Å². The number of nitrogens with zero attached hydrogens (tertiary/aromatic N) is 2. The van der Waals surface area contributed by atoms with Gasteiger partial charge in [0.25, 0.3) is 0 Å². The zero-order valence-corrected chi connectivity index (χ0v) is 14.6. The highest BCUT2D eigenvalue weighted by molar-refractivity contribution is 5.94. The monoisotopic (exact) mass is 351 g/mol. The van der Waals surface area contributed by atoms with E-state index in [1.165, 1.54) is 4.90 Å². The highest BCUT2D eigenvalue weighted by Crippen LogP contribution is 2.25. The summed E-state index contributed by atoms with van der Waals surface area (Å²) in [6, 6.07) is 0. The summed E-state index contributed by atoms with van der Waals surface area (Å²) in [5.74, 6) is -0.144. The molecule has 0 radical (unpaired) electrons. The molecule has 1 aliphatic carbocycles. The Hall–Kier alpha value is -2.09. The second-order valence-electron chi connectivity index (χ2n) is 6.69. The van der Waals surface area contributed by atoms with Crippen molar-refractivity contribution in [3.63, 3.8) is 0 Å². The molecule has 8 nitrogen and oxygen atoms in total. The van der Waals surface area contributed by atoms with Gasteiger partial charge in [0.15, 0.2) is 0 Å². The van der Waals surface area contributed by atoms with Gasteiger partial charge in [0, 0.05) is 25.2 Å². The van der Waals surface area contributed by atoms with E-state index in [2.05, 4.69) is 5.32 Å². The molecule has 3 rings (SSSR count). The molecule has 2 fully saturated rings. The molecular formula is C17H25N3O5. The third-order valence-corrected chi connectivity index (χ3v) is 4.92. The maximum Gasteiger partial charge on any atom is 0.410 e. The molecule has 2 heterocycles. The van der Waals surface area contributed by atoms with E-state index in [1.54, 1.807) is 4.90 Å². The number of amides is 3. The molecule has 0 saturated carbocycles. The van der Waals surface area contributed by atoms with E-state index in [9.17, 15) is 14.4 Å². The van der Waals surface area contributed by atoms with Gasteiger partial charge >= 0.3 is 6.09 Å². The first kappa shape index (κ1) is 17.7. The molecule has 138 valence electrons. The number of allylic oxidation sites excluding steroid dienone is 1. The molecule has 0 spiro atoms. The predicted octanol–water partition coefficient (Wildman–Crippen LogP) is 0.283. The summed E-state index contributed by atoms with van der Waals surface area (Å²) in [4.78, 5) is 39.1. The number of hydrogen-bond acceptors (Lipinski definition) is 5. The Morgan fingerprint density at radius 2 is 2.08 bits per heavy atom. The second-order valence-corrected chi connectivity index (χ2v) is 6.69. The van der Waals surface area contributed by atoms with Crippen molar-refractivity contribution in [2.24, 2.45) is 0 Å². The van der Waals surface area contributed by atoms with Crippen LogP contribution in [0.1, 0.15) is 26.2 Å². The van der Waals surface area contributed by atoms with Crippen molar-refractivity contribution in [1.82, 2.24) is 15.1 Å². The predicted molar refractivity (Wildman–Crippen MR) is 88.8 cm³/mol. The molecule has 25 heavy (non-hydrogen) atoms. The number of morpholine rings is 1. The fraction of sp³-hybridized carbons (Fsp3) is 0.706. The van der Waals surface area contributed by atoms with Gasteiger partial charge in [-0.1, -0.05) is 5.57 Å². The quantitative estimate of drug-likeness (QED) is 0.769. The molecule has 1 N–H and O–H groups in total. The molecule has 3 aliphatic rings. The molecule has 1 unspecified atom stereocenters. The number of carbonyl (C=O) groups excluding carboxylic acids is 3. The fourth-order valence-electron chi connectivity index (χ4n) is 3.42. The van der Waals surface area contributed by atoms with E-state index in [0.29, 0.717) is 39.4 Å². The fourth-order valence-corrected chi connectivity index (χ4v) is 3.42. The maximum atomic E-state index is 12.4. The van der Waals surface area contributed by atoms with Crippen molar-refractivity contribution >= 4 is 17.9 Å². The Morgan fingerprint density at radius 3 is 2.76 bits per heavy atom. The van der Waals surface area contributed by atoms with Crippen LogP contribution < -0.4 is 5.32 Å². The third-order valence-electron chi connectivity index (χ3n) is 4.92. The Bertz CT molecular complexity index is 589. The van der Waals surface area contributed by atoms with Gasteiger partial charge in [-0.05, 0) is 26.2 Å².